The van der Waals surface area contributed by atoms with E-state index >= 15 is 0 Å². The van der Waals surface area contributed by atoms with Crippen LogP contribution in [0.4, 0.5) is 0 Å². The van der Waals surface area contributed by atoms with Gasteiger partial charge in [0.2, 0.25) is 5.91 Å². The molecular formula is C9H14N4O5S. The normalized spacial score (nSPS) is 12.9. The zero-order chi connectivity index (χ0) is 14.6. The largest absolute Gasteiger partial charge is 0.480 e. The van der Waals surface area contributed by atoms with Crippen LogP contribution < -0.4 is 5.32 Å². The van der Waals surface area contributed by atoms with Crippen molar-refractivity contribution < 1.29 is 23.1 Å². The minimum atomic E-state index is -3.72. The molecule has 2 N–H and O–H groups in total. The number of carbonyl (C=O) groups excluding carboxylic acids is 1. The standard InChI is InChI=1S/C9H14N4O5S/c1-6(14)10-8(9(15)16)5-19(17,18)4-7-3-13(2)12-11-7/h3,8H,4-5H2,1-2H3,(H,10,14)(H,15,16). The molecule has 1 amide bonds. The predicted octanol–water partition coefficient (Wildman–Crippen LogP) is -1.68. The molecule has 0 saturated carbocycles. The Labute approximate surface area is 109 Å². The number of rotatable bonds is 6. The molecule has 0 aromatic carbocycles. The molecule has 1 heterocycles. The number of hydrogen-bond acceptors (Lipinski definition) is 6. The van der Waals surface area contributed by atoms with Crippen molar-refractivity contribution >= 4 is 21.7 Å². The molecule has 0 aliphatic heterocycles. The zero-order valence-corrected chi connectivity index (χ0v) is 11.2. The average molecular weight is 290 g/mol. The van der Waals surface area contributed by atoms with Gasteiger partial charge in [0.15, 0.2) is 9.84 Å². The molecule has 0 radical (unpaired) electrons. The van der Waals surface area contributed by atoms with Crippen LogP contribution in [0.3, 0.4) is 0 Å². The van der Waals surface area contributed by atoms with Crippen molar-refractivity contribution in [2.24, 2.45) is 7.05 Å². The van der Waals surface area contributed by atoms with Crippen molar-refractivity contribution in [1.82, 2.24) is 20.3 Å². The highest BCUT2D eigenvalue weighted by Crippen LogP contribution is 2.04. The van der Waals surface area contributed by atoms with Crippen LogP contribution in [0.25, 0.3) is 0 Å². The summed E-state index contributed by atoms with van der Waals surface area (Å²) in [4.78, 5) is 21.7. The van der Waals surface area contributed by atoms with E-state index in [1.165, 1.54) is 10.9 Å². The SMILES string of the molecule is CC(=O)NC(CS(=O)(=O)Cc1cn(C)nn1)C(=O)O. The number of nitrogens with one attached hydrogen (secondary N) is 1. The number of aryl methyl sites for hydroxylation is 1. The lowest BCUT2D eigenvalue weighted by Gasteiger charge is -2.12. The second kappa shape index (κ2) is 5.78. The Hall–Kier alpha value is -1.97. The van der Waals surface area contributed by atoms with E-state index in [0.717, 1.165) is 6.92 Å². The van der Waals surface area contributed by atoms with E-state index in [0.29, 0.717) is 0 Å². The maximum atomic E-state index is 11.8. The third kappa shape index (κ3) is 5.04. The maximum Gasteiger partial charge on any atom is 0.327 e. The fourth-order valence-electron chi connectivity index (χ4n) is 1.42. The van der Waals surface area contributed by atoms with Gasteiger partial charge in [-0.2, -0.15) is 0 Å². The van der Waals surface area contributed by atoms with Crippen LogP contribution in [0.5, 0.6) is 0 Å². The first-order valence-electron chi connectivity index (χ1n) is 5.25. The zero-order valence-electron chi connectivity index (χ0n) is 10.4. The molecule has 0 saturated heterocycles. The van der Waals surface area contributed by atoms with Crippen LogP contribution in [0, 0.1) is 0 Å². The van der Waals surface area contributed by atoms with E-state index in [1.54, 1.807) is 7.05 Å². The predicted molar refractivity (Wildman–Crippen MR) is 63.7 cm³/mol. The molecule has 1 unspecified atom stereocenters. The van der Waals surface area contributed by atoms with Gasteiger partial charge in [0.25, 0.3) is 0 Å². The Morgan fingerprint density at radius 3 is 2.58 bits per heavy atom. The minimum Gasteiger partial charge on any atom is -0.480 e. The molecule has 1 atom stereocenters. The van der Waals surface area contributed by atoms with Crippen molar-refractivity contribution in [3.8, 4) is 0 Å². The Bertz CT molecular complexity index is 579. The van der Waals surface area contributed by atoms with Crippen molar-refractivity contribution in [2.75, 3.05) is 5.75 Å². The molecule has 0 bridgehead atoms. The summed E-state index contributed by atoms with van der Waals surface area (Å²) in [5.41, 5.74) is 0.217. The van der Waals surface area contributed by atoms with Crippen LogP contribution in [0.15, 0.2) is 6.20 Å². The number of carboxylic acid groups (broad SMARTS) is 1. The topological polar surface area (TPSA) is 131 Å². The van der Waals surface area contributed by atoms with Gasteiger partial charge >= 0.3 is 5.97 Å². The molecule has 1 aromatic heterocycles. The van der Waals surface area contributed by atoms with Crippen LogP contribution in [-0.4, -0.2) is 52.2 Å². The number of hydrogen-bond donors (Lipinski definition) is 2. The molecule has 1 rings (SSSR count). The smallest absolute Gasteiger partial charge is 0.327 e. The van der Waals surface area contributed by atoms with Crippen LogP contribution in [-0.2, 0) is 32.2 Å². The van der Waals surface area contributed by atoms with E-state index in [9.17, 15) is 18.0 Å². The minimum absolute atomic E-state index is 0.217. The fraction of sp³-hybridized carbons (Fsp3) is 0.556. The Morgan fingerprint density at radius 1 is 1.53 bits per heavy atom. The molecule has 1 aromatic rings. The lowest BCUT2D eigenvalue weighted by molar-refractivity contribution is -0.140. The van der Waals surface area contributed by atoms with E-state index in [4.69, 9.17) is 5.11 Å². The summed E-state index contributed by atoms with van der Waals surface area (Å²) in [7, 11) is -2.14. The quantitative estimate of drug-likeness (QED) is 0.639. The van der Waals surface area contributed by atoms with Crippen LogP contribution >= 0.6 is 0 Å². The van der Waals surface area contributed by atoms with E-state index in [1.807, 2.05) is 0 Å². The number of amides is 1. The molecule has 0 spiro atoms. The van der Waals surface area contributed by atoms with Gasteiger partial charge in [-0.05, 0) is 0 Å². The van der Waals surface area contributed by atoms with Gasteiger partial charge in [0.1, 0.15) is 6.04 Å². The fourth-order valence-corrected chi connectivity index (χ4v) is 2.85. The molecule has 19 heavy (non-hydrogen) atoms. The van der Waals surface area contributed by atoms with Gasteiger partial charge in [-0.3, -0.25) is 9.48 Å². The maximum absolute atomic E-state index is 11.8. The molecular weight excluding hydrogens is 276 g/mol. The Kier molecular flexibility index (Phi) is 4.59. The lowest BCUT2D eigenvalue weighted by Crippen LogP contribution is -2.44. The van der Waals surface area contributed by atoms with Crippen molar-refractivity contribution in [3.63, 3.8) is 0 Å². The van der Waals surface area contributed by atoms with Gasteiger partial charge in [-0.25, -0.2) is 13.2 Å². The number of sulfone groups is 1. The molecule has 10 heteroatoms. The summed E-state index contributed by atoms with van der Waals surface area (Å²) in [6, 6.07) is -1.47. The summed E-state index contributed by atoms with van der Waals surface area (Å²) in [6.07, 6.45) is 1.42. The summed E-state index contributed by atoms with van der Waals surface area (Å²) in [5, 5.41) is 18.1. The molecule has 0 fully saturated rings. The van der Waals surface area contributed by atoms with Crippen molar-refractivity contribution in [2.45, 2.75) is 18.7 Å². The van der Waals surface area contributed by atoms with Gasteiger partial charge < -0.3 is 10.4 Å². The van der Waals surface area contributed by atoms with Gasteiger partial charge in [0.05, 0.1) is 17.2 Å². The van der Waals surface area contributed by atoms with Crippen molar-refractivity contribution in [1.29, 1.82) is 0 Å². The third-order valence-corrected chi connectivity index (χ3v) is 3.69. The highest BCUT2D eigenvalue weighted by Gasteiger charge is 2.26. The lowest BCUT2D eigenvalue weighted by atomic mass is 10.3. The second-order valence-corrected chi connectivity index (χ2v) is 6.14. The van der Waals surface area contributed by atoms with E-state index in [2.05, 4.69) is 15.6 Å². The highest BCUT2D eigenvalue weighted by atomic mass is 32.2. The van der Waals surface area contributed by atoms with E-state index in [-0.39, 0.29) is 5.69 Å². The average Bonchev–Trinajstić information content (AvgIpc) is 2.60. The number of nitrogens with zero attached hydrogens (tertiary/aromatic N) is 3. The monoisotopic (exact) mass is 290 g/mol. The summed E-state index contributed by atoms with van der Waals surface area (Å²) in [6.45, 7) is 1.12. The first-order valence-corrected chi connectivity index (χ1v) is 7.07. The number of aliphatic carboxylic acids is 1. The van der Waals surface area contributed by atoms with E-state index < -0.39 is 39.3 Å². The summed E-state index contributed by atoms with van der Waals surface area (Å²) < 4.78 is 25.0. The number of carbonyl (C=O) groups is 2. The van der Waals surface area contributed by atoms with Crippen molar-refractivity contribution in [3.05, 3.63) is 11.9 Å². The van der Waals surface area contributed by atoms with Gasteiger partial charge in [-0.1, -0.05) is 5.21 Å². The van der Waals surface area contributed by atoms with Crippen LogP contribution in [0.1, 0.15) is 12.6 Å². The Balaban J connectivity index is 2.76. The summed E-state index contributed by atoms with van der Waals surface area (Å²) >= 11 is 0. The number of carboxylic acids is 1. The molecule has 106 valence electrons. The number of aromatic nitrogens is 3. The molecule has 0 aliphatic rings. The highest BCUT2D eigenvalue weighted by molar-refractivity contribution is 7.90. The second-order valence-electron chi connectivity index (χ2n) is 4.03. The van der Waals surface area contributed by atoms with Gasteiger partial charge in [0, 0.05) is 20.2 Å². The third-order valence-electron chi connectivity index (χ3n) is 2.11. The first kappa shape index (κ1) is 15.1. The first-order chi connectivity index (χ1) is 8.69. The summed E-state index contributed by atoms with van der Waals surface area (Å²) in [5.74, 6) is -3.14. The molecule has 9 nitrogen and oxygen atoms in total. The van der Waals surface area contributed by atoms with Crippen LogP contribution in [0.2, 0.25) is 0 Å². The van der Waals surface area contributed by atoms with Gasteiger partial charge in [-0.15, -0.1) is 5.10 Å². The molecule has 0 aliphatic carbocycles. The Morgan fingerprint density at radius 2 is 2.16 bits per heavy atom.